The van der Waals surface area contributed by atoms with Crippen LogP contribution in [0.1, 0.15) is 85.5 Å². The topological polar surface area (TPSA) is 143 Å². The molecule has 0 spiro atoms. The standard InChI is InChI=1S/C47H70F2N2O11/c1-10-27-12-11-13-37(62-39-17-16-36(51(5)6)24(3)58-39)23(2)42(53)33-21-30-29-19-28(61-47-46(57-9)45(56-8)44(55-7)25(4)59-47)20-32(29)43(54)41(40(30)31(33)22-38(52)60-27)50-26-14-15-34(48)35(49)18-26/h14-15,18,21,23-25,27-32,36-37,39-41,43-47,50,54H,10-13,16-17,19-20,22H2,1-9H3/t23-,24?,25?,27+,28+,29+,30+,31-,32-,36+,37+,39+,40-,41-,43-,44+,45?,46+,47+/m1/s1. The van der Waals surface area contributed by atoms with Crippen molar-refractivity contribution in [1.29, 1.82) is 0 Å². The highest BCUT2D eigenvalue weighted by Crippen LogP contribution is 2.57. The number of halogens is 2. The number of carbonyl (C=O) groups excluding carboxylic acids is 2. The van der Waals surface area contributed by atoms with E-state index in [1.165, 1.54) is 6.07 Å². The van der Waals surface area contributed by atoms with Crippen LogP contribution in [0.4, 0.5) is 14.5 Å². The highest BCUT2D eigenvalue weighted by Gasteiger charge is 2.60. The van der Waals surface area contributed by atoms with Crippen LogP contribution >= 0.6 is 0 Å². The fraction of sp³-hybridized carbons (Fsp3) is 0.787. The van der Waals surface area contributed by atoms with Crippen molar-refractivity contribution in [1.82, 2.24) is 4.90 Å². The highest BCUT2D eigenvalue weighted by molar-refractivity contribution is 5.99. The molecule has 62 heavy (non-hydrogen) atoms. The Morgan fingerprint density at radius 2 is 1.60 bits per heavy atom. The third-order valence-electron chi connectivity index (χ3n) is 15.1. The summed E-state index contributed by atoms with van der Waals surface area (Å²) in [6, 6.07) is 3.07. The Hall–Kier alpha value is -2.60. The van der Waals surface area contributed by atoms with Crippen molar-refractivity contribution in [3.63, 3.8) is 0 Å². The van der Waals surface area contributed by atoms with Gasteiger partial charge in [0.2, 0.25) is 0 Å². The first-order valence-electron chi connectivity index (χ1n) is 22.9. The second-order valence-electron chi connectivity index (χ2n) is 18.9. The molecule has 2 N–H and O–H groups in total. The summed E-state index contributed by atoms with van der Waals surface area (Å²) in [6.07, 6.45) is 1.85. The Morgan fingerprint density at radius 3 is 2.26 bits per heavy atom. The normalized spacial score (nSPS) is 42.9. The lowest BCUT2D eigenvalue weighted by atomic mass is 9.62. The Bertz CT molecular complexity index is 1740. The van der Waals surface area contributed by atoms with E-state index in [2.05, 4.69) is 17.1 Å². The monoisotopic (exact) mass is 876 g/mol. The number of Topliss-reactive ketones (excluding diaryl/α,β-unsaturated/α-hetero) is 1. The van der Waals surface area contributed by atoms with Crippen LogP contribution in [0, 0.1) is 47.1 Å². The Morgan fingerprint density at radius 1 is 0.871 bits per heavy atom. The zero-order valence-corrected chi connectivity index (χ0v) is 37.9. The van der Waals surface area contributed by atoms with Crippen LogP contribution in [-0.2, 0) is 47.5 Å². The molecule has 3 unspecified atom stereocenters. The number of likely N-dealkylation sites (N-methyl/N-ethyl adjacent to an activating group) is 1. The second kappa shape index (κ2) is 20.3. The summed E-state index contributed by atoms with van der Waals surface area (Å²) in [5.41, 5.74) is 0.799. The number of aliphatic hydroxyl groups is 1. The van der Waals surface area contributed by atoms with E-state index in [9.17, 15) is 18.7 Å². The number of rotatable bonds is 11. The number of nitrogens with one attached hydrogen (secondary N) is 1. The van der Waals surface area contributed by atoms with Crippen molar-refractivity contribution in [2.75, 3.05) is 40.7 Å². The number of cyclic esters (lactones) is 1. The number of anilines is 1. The van der Waals surface area contributed by atoms with Gasteiger partial charge >= 0.3 is 5.97 Å². The van der Waals surface area contributed by atoms with E-state index in [1.54, 1.807) is 21.3 Å². The number of ketones is 1. The number of carbonyl (C=O) groups is 2. The van der Waals surface area contributed by atoms with Crippen LogP contribution in [0.3, 0.4) is 0 Å². The summed E-state index contributed by atoms with van der Waals surface area (Å²) in [5, 5.41) is 15.9. The third kappa shape index (κ3) is 9.67. The van der Waals surface area contributed by atoms with Crippen LogP contribution < -0.4 is 5.32 Å². The van der Waals surface area contributed by atoms with Crippen LogP contribution in [-0.4, -0.2) is 137 Å². The Labute approximate surface area is 365 Å². The van der Waals surface area contributed by atoms with Gasteiger partial charge in [0.25, 0.3) is 0 Å². The minimum Gasteiger partial charge on any atom is -0.462 e. The minimum atomic E-state index is -1.03. The predicted molar refractivity (Wildman–Crippen MR) is 225 cm³/mol. The lowest BCUT2D eigenvalue weighted by Gasteiger charge is -2.47. The van der Waals surface area contributed by atoms with Crippen molar-refractivity contribution in [2.45, 2.75) is 165 Å². The molecule has 1 aromatic carbocycles. The molecule has 0 aromatic heterocycles. The molecule has 3 aliphatic heterocycles. The molecule has 3 heterocycles. The number of esters is 1. The highest BCUT2D eigenvalue weighted by atomic mass is 19.2. The molecule has 6 aliphatic rings. The Kier molecular flexibility index (Phi) is 15.5. The predicted octanol–water partition coefficient (Wildman–Crippen LogP) is 6.05. The molecule has 3 saturated heterocycles. The molecule has 0 radical (unpaired) electrons. The molecule has 5 fully saturated rings. The second-order valence-corrected chi connectivity index (χ2v) is 18.9. The van der Waals surface area contributed by atoms with Crippen LogP contribution in [0.2, 0.25) is 0 Å². The summed E-state index contributed by atoms with van der Waals surface area (Å²) in [6.45, 7) is 7.87. The number of nitrogens with zero attached hydrogens (tertiary/aromatic N) is 1. The van der Waals surface area contributed by atoms with Gasteiger partial charge in [-0.1, -0.05) is 19.9 Å². The molecule has 15 heteroatoms. The van der Waals surface area contributed by atoms with Gasteiger partial charge in [-0.2, -0.15) is 0 Å². The number of fused-ring (bicyclic) bond motifs is 5. The van der Waals surface area contributed by atoms with E-state index >= 15 is 4.79 Å². The number of hydrogen-bond donors (Lipinski definition) is 2. The van der Waals surface area contributed by atoms with E-state index in [0.29, 0.717) is 50.5 Å². The molecular formula is C47H70F2N2O11. The number of aliphatic hydroxyl groups excluding tert-OH is 1. The lowest BCUT2D eigenvalue weighted by molar-refractivity contribution is -0.314. The molecule has 3 aliphatic carbocycles. The van der Waals surface area contributed by atoms with Crippen LogP contribution in [0.25, 0.3) is 0 Å². The summed E-state index contributed by atoms with van der Waals surface area (Å²) >= 11 is 0. The van der Waals surface area contributed by atoms with Gasteiger partial charge in [-0.25, -0.2) is 8.78 Å². The van der Waals surface area contributed by atoms with Gasteiger partial charge in [-0.05, 0) is 121 Å². The van der Waals surface area contributed by atoms with E-state index in [4.69, 9.17) is 37.9 Å². The summed E-state index contributed by atoms with van der Waals surface area (Å²) < 4.78 is 78.7. The van der Waals surface area contributed by atoms with Crippen LogP contribution in [0.15, 0.2) is 29.8 Å². The fourth-order valence-electron chi connectivity index (χ4n) is 12.0. The zero-order chi connectivity index (χ0) is 44.6. The smallest absolute Gasteiger partial charge is 0.306 e. The van der Waals surface area contributed by atoms with Gasteiger partial charge in [-0.3, -0.25) is 9.59 Å². The van der Waals surface area contributed by atoms with Gasteiger partial charge in [0.15, 0.2) is 30.0 Å². The molecule has 19 atom stereocenters. The van der Waals surface area contributed by atoms with Crippen molar-refractivity contribution in [3.8, 4) is 0 Å². The van der Waals surface area contributed by atoms with E-state index in [-0.39, 0.29) is 72.2 Å². The Balaban J connectivity index is 1.22. The first kappa shape index (κ1) is 47.4. The van der Waals surface area contributed by atoms with Gasteiger partial charge < -0.3 is 53.2 Å². The van der Waals surface area contributed by atoms with E-state index in [1.807, 2.05) is 40.9 Å². The maximum absolute atomic E-state index is 15.1. The number of benzene rings is 1. The summed E-state index contributed by atoms with van der Waals surface area (Å²) in [5.74, 6) is -4.98. The van der Waals surface area contributed by atoms with Gasteiger partial charge in [-0.15, -0.1) is 0 Å². The largest absolute Gasteiger partial charge is 0.462 e. The number of hydrogen-bond acceptors (Lipinski definition) is 13. The molecule has 1 aromatic rings. The summed E-state index contributed by atoms with van der Waals surface area (Å²) in [4.78, 5) is 31.3. The van der Waals surface area contributed by atoms with Crippen molar-refractivity contribution in [2.24, 2.45) is 35.5 Å². The minimum absolute atomic E-state index is 0.0512. The number of methoxy groups -OCH3 is 3. The zero-order valence-electron chi connectivity index (χ0n) is 37.9. The van der Waals surface area contributed by atoms with Crippen molar-refractivity contribution in [3.05, 3.63) is 41.5 Å². The quantitative estimate of drug-likeness (QED) is 0.250. The third-order valence-corrected chi connectivity index (χ3v) is 15.1. The average Bonchev–Trinajstić information content (AvgIpc) is 3.83. The average molecular weight is 877 g/mol. The van der Waals surface area contributed by atoms with Gasteiger partial charge in [0.1, 0.15) is 24.4 Å². The summed E-state index contributed by atoms with van der Waals surface area (Å²) in [7, 11) is 8.88. The molecule has 0 amide bonds. The number of allylic oxidation sites excluding steroid dienone is 2. The molecule has 13 nitrogen and oxygen atoms in total. The molecule has 7 rings (SSSR count). The fourth-order valence-corrected chi connectivity index (χ4v) is 12.0. The molecule has 0 bridgehead atoms. The van der Waals surface area contributed by atoms with E-state index in [0.717, 1.165) is 18.6 Å². The lowest BCUT2D eigenvalue weighted by Crippen LogP contribution is -2.59. The van der Waals surface area contributed by atoms with Crippen molar-refractivity contribution >= 4 is 17.4 Å². The molecule has 348 valence electrons. The van der Waals surface area contributed by atoms with E-state index < -0.39 is 78.4 Å². The maximum atomic E-state index is 15.1. The van der Waals surface area contributed by atoms with Gasteiger partial charge in [0.05, 0.1) is 43.0 Å². The molecular weight excluding hydrogens is 807 g/mol. The SMILES string of the molecule is CC[C@H]1CCC[C@H](O[C@H]2CC[C@H](N(C)C)C(C)O2)[C@@H](C)C(=O)C2=C[C@H]3[C@@H]4C[C@H](O[C@@H]5OC(C)[C@H](OC)C(OC)[C@@H]5OC)C[C@H]4[C@@H](O)[C@H](Nc4ccc(F)c(F)c4)[C@H]3[C@@H]2CC(=O)O1. The van der Waals surface area contributed by atoms with Crippen molar-refractivity contribution < 1.29 is 61.4 Å². The number of ether oxygens (including phenoxy) is 8. The van der Waals surface area contributed by atoms with Gasteiger partial charge in [0, 0.05) is 51.0 Å². The maximum Gasteiger partial charge on any atom is 0.306 e. The first-order valence-corrected chi connectivity index (χ1v) is 22.9. The van der Waals surface area contributed by atoms with Crippen LogP contribution in [0.5, 0.6) is 0 Å². The first-order chi connectivity index (χ1) is 29.7. The molecule has 2 saturated carbocycles.